The molecule has 1 aromatic rings. The maximum absolute atomic E-state index is 12.2. The third-order valence-electron chi connectivity index (χ3n) is 3.79. The monoisotopic (exact) mass is 298 g/mol. The van der Waals surface area contributed by atoms with Crippen LogP contribution in [0.5, 0.6) is 0 Å². The Labute approximate surface area is 120 Å². The van der Waals surface area contributed by atoms with Crippen LogP contribution in [0.3, 0.4) is 0 Å². The minimum absolute atomic E-state index is 0.193. The third kappa shape index (κ3) is 2.09. The molecule has 1 N–H and O–H groups in total. The van der Waals surface area contributed by atoms with E-state index in [0.717, 1.165) is 24.2 Å². The number of carbonyl (C=O) groups is 2. The summed E-state index contributed by atoms with van der Waals surface area (Å²) in [4.78, 5) is 25.5. The van der Waals surface area contributed by atoms with Crippen molar-refractivity contribution in [3.63, 3.8) is 0 Å². The maximum Gasteiger partial charge on any atom is 0.329 e. The number of imide groups is 1. The van der Waals surface area contributed by atoms with E-state index in [9.17, 15) is 9.59 Å². The number of nitrogens with one attached hydrogen (secondary N) is 1. The number of hydrogen-bond donors (Lipinski definition) is 1. The summed E-state index contributed by atoms with van der Waals surface area (Å²) in [5, 5.41) is 3.65. The fraction of sp³-hybridized carbons (Fsp3) is 0.385. The van der Waals surface area contributed by atoms with Gasteiger partial charge in [-0.3, -0.25) is 4.79 Å². The molecule has 1 aliphatic carbocycles. The van der Waals surface area contributed by atoms with Gasteiger partial charge in [-0.2, -0.15) is 0 Å². The Bertz CT molecular complexity index is 550. The van der Waals surface area contributed by atoms with Gasteiger partial charge >= 0.3 is 6.03 Å². The number of rotatable bonds is 1. The Kier molecular flexibility index (Phi) is 2.95. The van der Waals surface area contributed by atoms with Crippen LogP contribution in [0.1, 0.15) is 25.7 Å². The average Bonchev–Trinajstić information content (AvgIpc) is 2.30. The van der Waals surface area contributed by atoms with Gasteiger partial charge in [0.2, 0.25) is 5.91 Å². The molecule has 0 aromatic heterocycles. The summed E-state index contributed by atoms with van der Waals surface area (Å²) in [6, 6.07) is 4.34. The second-order valence-electron chi connectivity index (χ2n) is 5.07. The first-order chi connectivity index (χ1) is 9.01. The number of urea groups is 1. The minimum atomic E-state index is -0.380. The molecule has 100 valence electrons. The fourth-order valence-corrected chi connectivity index (χ4v) is 2.89. The number of benzene rings is 1. The lowest BCUT2D eigenvalue weighted by Crippen LogP contribution is -2.65. The van der Waals surface area contributed by atoms with E-state index in [1.54, 1.807) is 12.1 Å². The second-order valence-corrected chi connectivity index (χ2v) is 5.88. The summed E-state index contributed by atoms with van der Waals surface area (Å²) >= 11 is 11.8. The van der Waals surface area contributed by atoms with Crippen LogP contribution in [0.15, 0.2) is 18.2 Å². The predicted octanol–water partition coefficient (Wildman–Crippen LogP) is 3.36. The Morgan fingerprint density at radius 1 is 1.16 bits per heavy atom. The average molecular weight is 299 g/mol. The van der Waals surface area contributed by atoms with E-state index < -0.39 is 0 Å². The first-order valence-electron chi connectivity index (χ1n) is 6.11. The molecule has 19 heavy (non-hydrogen) atoms. The standard InChI is InChI=1S/C13H12Cl2N2O2/c14-9-3-2-8(6-10(9)15)17-11(18)7-13(4-1-5-13)16-12(17)19/h2-3,6H,1,4-5,7H2,(H,16,19). The summed E-state index contributed by atoms with van der Waals surface area (Å²) in [5.41, 5.74) is 0.145. The van der Waals surface area contributed by atoms with E-state index in [4.69, 9.17) is 23.2 Å². The molecule has 1 spiro atoms. The molecule has 3 rings (SSSR count). The smallest absolute Gasteiger partial charge is 0.329 e. The van der Waals surface area contributed by atoms with Gasteiger partial charge in [0.15, 0.2) is 0 Å². The van der Waals surface area contributed by atoms with Crippen molar-refractivity contribution >= 4 is 40.8 Å². The van der Waals surface area contributed by atoms with Crippen LogP contribution in [-0.2, 0) is 4.79 Å². The van der Waals surface area contributed by atoms with Crippen molar-refractivity contribution in [2.75, 3.05) is 4.90 Å². The first kappa shape index (κ1) is 12.8. The highest BCUT2D eigenvalue weighted by molar-refractivity contribution is 6.42. The van der Waals surface area contributed by atoms with Gasteiger partial charge in [-0.1, -0.05) is 23.2 Å². The lowest BCUT2D eigenvalue weighted by molar-refractivity contribution is -0.121. The van der Waals surface area contributed by atoms with Crippen molar-refractivity contribution in [1.82, 2.24) is 5.32 Å². The molecule has 0 unspecified atom stereocenters. The molecule has 3 amide bonds. The molecule has 0 atom stereocenters. The van der Waals surface area contributed by atoms with E-state index in [0.29, 0.717) is 22.2 Å². The highest BCUT2D eigenvalue weighted by Crippen LogP contribution is 2.39. The molecule has 0 radical (unpaired) electrons. The zero-order valence-electron chi connectivity index (χ0n) is 10.1. The lowest BCUT2D eigenvalue weighted by Gasteiger charge is -2.47. The Hall–Kier alpha value is -1.26. The number of carbonyl (C=O) groups excluding carboxylic acids is 2. The van der Waals surface area contributed by atoms with Gasteiger partial charge in [-0.25, -0.2) is 9.69 Å². The zero-order chi connectivity index (χ0) is 13.6. The number of nitrogens with zero attached hydrogens (tertiary/aromatic N) is 1. The van der Waals surface area contributed by atoms with Crippen LogP contribution in [-0.4, -0.2) is 17.5 Å². The van der Waals surface area contributed by atoms with Crippen molar-refractivity contribution in [2.45, 2.75) is 31.2 Å². The molecule has 1 heterocycles. The number of halogens is 2. The van der Waals surface area contributed by atoms with E-state index in [1.807, 2.05) is 0 Å². The zero-order valence-corrected chi connectivity index (χ0v) is 11.6. The van der Waals surface area contributed by atoms with Gasteiger partial charge in [0, 0.05) is 0 Å². The molecular formula is C13H12Cl2N2O2. The van der Waals surface area contributed by atoms with Gasteiger partial charge < -0.3 is 5.32 Å². The van der Waals surface area contributed by atoms with Crippen molar-refractivity contribution in [1.29, 1.82) is 0 Å². The summed E-state index contributed by atoms with van der Waals surface area (Å²) in [7, 11) is 0. The van der Waals surface area contributed by atoms with E-state index in [1.165, 1.54) is 6.07 Å². The van der Waals surface area contributed by atoms with Gasteiger partial charge in [0.05, 0.1) is 27.7 Å². The molecule has 4 nitrogen and oxygen atoms in total. The van der Waals surface area contributed by atoms with Crippen LogP contribution >= 0.6 is 23.2 Å². The Morgan fingerprint density at radius 2 is 1.89 bits per heavy atom. The van der Waals surface area contributed by atoms with E-state index in [-0.39, 0.29) is 17.5 Å². The van der Waals surface area contributed by atoms with Crippen LogP contribution in [0.25, 0.3) is 0 Å². The topological polar surface area (TPSA) is 49.4 Å². The predicted molar refractivity (Wildman–Crippen MR) is 73.7 cm³/mol. The highest BCUT2D eigenvalue weighted by Gasteiger charge is 2.47. The SMILES string of the molecule is O=C1CC2(CCC2)NC(=O)N1c1ccc(Cl)c(Cl)c1. The molecule has 2 fully saturated rings. The van der Waals surface area contributed by atoms with Crippen molar-refractivity contribution in [2.24, 2.45) is 0 Å². The molecule has 2 aliphatic rings. The summed E-state index contributed by atoms with van der Waals surface area (Å²) in [5.74, 6) is -0.193. The number of hydrogen-bond acceptors (Lipinski definition) is 2. The van der Waals surface area contributed by atoms with Crippen molar-refractivity contribution in [3.05, 3.63) is 28.2 Å². The lowest BCUT2D eigenvalue weighted by atomic mass is 9.73. The van der Waals surface area contributed by atoms with E-state index >= 15 is 0 Å². The van der Waals surface area contributed by atoms with Gasteiger partial charge in [-0.15, -0.1) is 0 Å². The fourth-order valence-electron chi connectivity index (χ4n) is 2.60. The maximum atomic E-state index is 12.2. The van der Waals surface area contributed by atoms with Gasteiger partial charge in [-0.05, 0) is 37.5 Å². The highest BCUT2D eigenvalue weighted by atomic mass is 35.5. The van der Waals surface area contributed by atoms with Gasteiger partial charge in [0.25, 0.3) is 0 Å². The summed E-state index contributed by atoms with van der Waals surface area (Å²) < 4.78 is 0. The molecular weight excluding hydrogens is 287 g/mol. The number of amides is 3. The van der Waals surface area contributed by atoms with Crippen molar-refractivity contribution < 1.29 is 9.59 Å². The van der Waals surface area contributed by atoms with Crippen LogP contribution in [0.2, 0.25) is 10.0 Å². The quantitative estimate of drug-likeness (QED) is 0.864. The van der Waals surface area contributed by atoms with E-state index in [2.05, 4.69) is 5.32 Å². The van der Waals surface area contributed by atoms with Crippen molar-refractivity contribution in [3.8, 4) is 0 Å². The Balaban J connectivity index is 1.90. The van der Waals surface area contributed by atoms with Gasteiger partial charge in [0.1, 0.15) is 0 Å². The molecule has 0 bridgehead atoms. The third-order valence-corrected chi connectivity index (χ3v) is 4.53. The minimum Gasteiger partial charge on any atom is -0.331 e. The molecule has 1 saturated carbocycles. The first-order valence-corrected chi connectivity index (χ1v) is 6.87. The Morgan fingerprint density at radius 3 is 2.42 bits per heavy atom. The molecule has 1 aliphatic heterocycles. The van der Waals surface area contributed by atoms with Crippen LogP contribution < -0.4 is 10.2 Å². The van der Waals surface area contributed by atoms with Crippen LogP contribution in [0.4, 0.5) is 10.5 Å². The largest absolute Gasteiger partial charge is 0.331 e. The molecule has 6 heteroatoms. The normalized spacial score (nSPS) is 21.3. The summed E-state index contributed by atoms with van der Waals surface area (Å²) in [6.07, 6.45) is 3.15. The second kappa shape index (κ2) is 4.39. The molecule has 1 saturated heterocycles. The van der Waals surface area contributed by atoms with Crippen LogP contribution in [0, 0.1) is 0 Å². The number of anilines is 1. The molecule has 1 aromatic carbocycles. The summed E-state index contributed by atoms with van der Waals surface area (Å²) in [6.45, 7) is 0.